The van der Waals surface area contributed by atoms with E-state index in [0.29, 0.717) is 17.0 Å². The minimum Gasteiger partial charge on any atom is -0.345 e. The van der Waals surface area contributed by atoms with Crippen LogP contribution in [0.3, 0.4) is 0 Å². The van der Waals surface area contributed by atoms with Gasteiger partial charge in [0.15, 0.2) is 0 Å². The van der Waals surface area contributed by atoms with Crippen LogP contribution in [-0.4, -0.2) is 23.4 Å². The van der Waals surface area contributed by atoms with Crippen LogP contribution in [0.25, 0.3) is 11.0 Å². The van der Waals surface area contributed by atoms with Gasteiger partial charge in [-0.25, -0.2) is 23.1 Å². The normalized spacial score (nSPS) is 16.8. The lowest BCUT2D eigenvalue weighted by molar-refractivity contribution is 0.251. The predicted octanol–water partition coefficient (Wildman–Crippen LogP) is 2.78. The first kappa shape index (κ1) is 15.3. The molecule has 0 spiro atoms. The van der Waals surface area contributed by atoms with Crippen LogP contribution < -0.4 is 4.72 Å². The van der Waals surface area contributed by atoms with Gasteiger partial charge in [-0.2, -0.15) is 0 Å². The zero-order valence-electron chi connectivity index (χ0n) is 13.0. The number of fused-ring (bicyclic) bond motifs is 1. The second kappa shape index (κ2) is 5.99. The van der Waals surface area contributed by atoms with Crippen molar-refractivity contribution in [2.45, 2.75) is 30.2 Å². The molecule has 4 rings (SSSR count). The quantitative estimate of drug-likeness (QED) is 0.746. The van der Waals surface area contributed by atoms with Crippen molar-refractivity contribution in [3.63, 3.8) is 0 Å². The molecule has 1 aromatic carbocycles. The van der Waals surface area contributed by atoms with Crippen LogP contribution in [0.1, 0.15) is 30.9 Å². The van der Waals surface area contributed by atoms with Crippen molar-refractivity contribution in [2.24, 2.45) is 5.92 Å². The summed E-state index contributed by atoms with van der Waals surface area (Å²) in [7, 11) is -3.67. The first-order chi connectivity index (χ1) is 11.6. The number of nitrogens with zero attached hydrogens (tertiary/aromatic N) is 2. The Morgan fingerprint density at radius 2 is 2.00 bits per heavy atom. The van der Waals surface area contributed by atoms with E-state index in [0.717, 1.165) is 24.8 Å². The Bertz CT molecular complexity index is 949. The number of hydrogen-bond donors (Lipinski definition) is 2. The van der Waals surface area contributed by atoms with Crippen LogP contribution in [0.2, 0.25) is 0 Å². The number of rotatable bonds is 5. The molecule has 1 atom stereocenters. The summed E-state index contributed by atoms with van der Waals surface area (Å²) in [5, 5.41) is 0.505. The fourth-order valence-corrected chi connectivity index (χ4v) is 4.60. The van der Waals surface area contributed by atoms with E-state index in [-0.39, 0.29) is 10.9 Å². The molecule has 0 bridgehead atoms. The highest BCUT2D eigenvalue weighted by Gasteiger charge is 2.33. The van der Waals surface area contributed by atoms with Crippen LogP contribution in [0, 0.1) is 5.92 Å². The number of H-pyrrole nitrogens is 1. The van der Waals surface area contributed by atoms with Gasteiger partial charge in [0.1, 0.15) is 16.9 Å². The minimum absolute atomic E-state index is 0.193. The zero-order valence-corrected chi connectivity index (χ0v) is 13.8. The largest absolute Gasteiger partial charge is 0.345 e. The molecule has 2 heterocycles. The number of benzene rings is 1. The van der Waals surface area contributed by atoms with Crippen LogP contribution in [0.5, 0.6) is 0 Å². The Hall–Kier alpha value is -2.25. The van der Waals surface area contributed by atoms with Crippen LogP contribution in [0.4, 0.5) is 0 Å². The zero-order chi connectivity index (χ0) is 16.6. The number of sulfonamides is 1. The number of aromatic nitrogens is 3. The summed E-state index contributed by atoms with van der Waals surface area (Å²) in [5.41, 5.74) is 1.52. The van der Waals surface area contributed by atoms with Gasteiger partial charge in [0, 0.05) is 18.4 Å². The molecule has 2 aromatic heterocycles. The highest BCUT2D eigenvalue weighted by atomic mass is 32.2. The summed E-state index contributed by atoms with van der Waals surface area (Å²) in [6, 6.07) is 9.56. The van der Waals surface area contributed by atoms with Gasteiger partial charge in [0.2, 0.25) is 10.0 Å². The molecule has 0 amide bonds. The third-order valence-electron chi connectivity index (χ3n) is 4.67. The Labute approximate surface area is 140 Å². The van der Waals surface area contributed by atoms with Crippen molar-refractivity contribution in [3.8, 4) is 0 Å². The van der Waals surface area contributed by atoms with Crippen molar-refractivity contribution in [3.05, 3.63) is 54.6 Å². The van der Waals surface area contributed by atoms with Gasteiger partial charge in [-0.15, -0.1) is 0 Å². The molecule has 1 aliphatic carbocycles. The molecule has 124 valence electrons. The standard InChI is InChI=1S/C17H18N4O2S/c22-24(23,15-10-19-17-14(15)9-18-11-20-17)21-16(13-7-4-8-13)12-5-2-1-3-6-12/h1-3,5-6,9-11,13,16,21H,4,7-8H2,(H,18,19,20). The molecule has 0 radical (unpaired) electrons. The molecule has 7 heteroatoms. The van der Waals surface area contributed by atoms with Gasteiger partial charge in [-0.3, -0.25) is 0 Å². The molecule has 1 unspecified atom stereocenters. The molecule has 2 N–H and O–H groups in total. The molecule has 1 fully saturated rings. The van der Waals surface area contributed by atoms with Crippen LogP contribution in [-0.2, 0) is 10.0 Å². The third-order valence-corrected chi connectivity index (χ3v) is 6.15. The number of hydrogen-bond acceptors (Lipinski definition) is 4. The van der Waals surface area contributed by atoms with Crippen molar-refractivity contribution >= 4 is 21.1 Å². The Balaban J connectivity index is 1.71. The average molecular weight is 342 g/mol. The summed E-state index contributed by atoms with van der Waals surface area (Å²) in [6.07, 6.45) is 7.62. The van der Waals surface area contributed by atoms with Gasteiger partial charge in [-0.05, 0) is 24.3 Å². The first-order valence-electron chi connectivity index (χ1n) is 7.99. The second-order valence-corrected chi connectivity index (χ2v) is 7.82. The lowest BCUT2D eigenvalue weighted by atomic mass is 9.77. The maximum absolute atomic E-state index is 12.9. The van der Waals surface area contributed by atoms with E-state index in [9.17, 15) is 8.42 Å². The van der Waals surface area contributed by atoms with E-state index < -0.39 is 10.0 Å². The molecule has 24 heavy (non-hydrogen) atoms. The van der Waals surface area contributed by atoms with E-state index in [1.165, 1.54) is 18.7 Å². The van der Waals surface area contributed by atoms with Gasteiger partial charge in [0.25, 0.3) is 0 Å². The van der Waals surface area contributed by atoms with Crippen molar-refractivity contribution in [1.82, 2.24) is 19.7 Å². The van der Waals surface area contributed by atoms with E-state index in [1.54, 1.807) is 0 Å². The Kier molecular flexibility index (Phi) is 3.82. The summed E-state index contributed by atoms with van der Waals surface area (Å²) in [4.78, 5) is 11.1. The van der Waals surface area contributed by atoms with E-state index in [1.807, 2.05) is 30.3 Å². The van der Waals surface area contributed by atoms with Crippen molar-refractivity contribution in [1.29, 1.82) is 0 Å². The third kappa shape index (κ3) is 2.70. The molecule has 3 aromatic rings. The Morgan fingerprint density at radius 1 is 1.21 bits per heavy atom. The highest BCUT2D eigenvalue weighted by Crippen LogP contribution is 2.38. The predicted molar refractivity (Wildman–Crippen MR) is 90.7 cm³/mol. The van der Waals surface area contributed by atoms with Crippen molar-refractivity contribution in [2.75, 3.05) is 0 Å². The maximum Gasteiger partial charge on any atom is 0.243 e. The summed E-state index contributed by atoms with van der Waals surface area (Å²) < 4.78 is 28.8. The van der Waals surface area contributed by atoms with Gasteiger partial charge < -0.3 is 4.98 Å². The topological polar surface area (TPSA) is 87.7 Å². The molecule has 0 aliphatic heterocycles. The van der Waals surface area contributed by atoms with Gasteiger partial charge in [0.05, 0.1) is 5.39 Å². The second-order valence-electron chi connectivity index (χ2n) is 6.14. The monoisotopic (exact) mass is 342 g/mol. The molecule has 6 nitrogen and oxygen atoms in total. The lowest BCUT2D eigenvalue weighted by Gasteiger charge is -2.34. The van der Waals surface area contributed by atoms with Crippen LogP contribution >= 0.6 is 0 Å². The first-order valence-corrected chi connectivity index (χ1v) is 9.48. The molecule has 1 saturated carbocycles. The number of aromatic amines is 1. The lowest BCUT2D eigenvalue weighted by Crippen LogP contribution is -2.36. The summed E-state index contributed by atoms with van der Waals surface area (Å²) in [6.45, 7) is 0. The summed E-state index contributed by atoms with van der Waals surface area (Å²) in [5.74, 6) is 0.337. The molecule has 0 saturated heterocycles. The fraction of sp³-hybridized carbons (Fsp3) is 0.294. The molecular weight excluding hydrogens is 324 g/mol. The Morgan fingerprint density at radius 3 is 2.71 bits per heavy atom. The maximum atomic E-state index is 12.9. The van der Waals surface area contributed by atoms with Crippen LogP contribution in [0.15, 0.2) is 53.9 Å². The van der Waals surface area contributed by atoms with Crippen molar-refractivity contribution < 1.29 is 8.42 Å². The summed E-state index contributed by atoms with van der Waals surface area (Å²) >= 11 is 0. The van der Waals surface area contributed by atoms with E-state index in [2.05, 4.69) is 19.7 Å². The SMILES string of the molecule is O=S(=O)(NC(c1ccccc1)C1CCC1)c1c[nH]c2ncncc12. The fourth-order valence-electron chi connectivity index (χ4n) is 3.16. The number of nitrogens with one attached hydrogen (secondary N) is 2. The van der Waals surface area contributed by atoms with E-state index >= 15 is 0 Å². The average Bonchev–Trinajstić information content (AvgIpc) is 2.98. The highest BCUT2D eigenvalue weighted by molar-refractivity contribution is 7.89. The van der Waals surface area contributed by atoms with Gasteiger partial charge in [-0.1, -0.05) is 36.8 Å². The van der Waals surface area contributed by atoms with E-state index in [4.69, 9.17) is 0 Å². The van der Waals surface area contributed by atoms with Gasteiger partial charge >= 0.3 is 0 Å². The smallest absolute Gasteiger partial charge is 0.243 e. The molecular formula is C17H18N4O2S. The minimum atomic E-state index is -3.67. The molecule has 1 aliphatic rings.